The highest BCUT2D eigenvalue weighted by Crippen LogP contribution is 2.29. The Morgan fingerprint density at radius 2 is 1.79 bits per heavy atom. The van der Waals surface area contributed by atoms with Crippen molar-refractivity contribution >= 4 is 69.1 Å². The van der Waals surface area contributed by atoms with Crippen LogP contribution in [-0.2, 0) is 14.3 Å². The lowest BCUT2D eigenvalue weighted by Gasteiger charge is -2.06. The molecule has 0 saturated heterocycles. The molecule has 0 spiro atoms. The number of carbonyl (C=O) groups is 2. The maximum Gasteiger partial charge on any atom is 0.363 e. The third-order valence-electron chi connectivity index (χ3n) is 4.48. The Hall–Kier alpha value is -3.19. The first-order chi connectivity index (χ1) is 15.9. The monoisotopic (exact) mass is 541 g/mol. The van der Waals surface area contributed by atoms with E-state index in [1.54, 1.807) is 72.8 Å². The predicted octanol–water partition coefficient (Wildman–Crippen LogP) is 6.72. The number of cyclic esters (lactones) is 1. The molecule has 1 heterocycles. The minimum atomic E-state index is -0.634. The zero-order valence-corrected chi connectivity index (χ0v) is 19.9. The lowest BCUT2D eigenvalue weighted by atomic mass is 10.1. The van der Waals surface area contributed by atoms with Gasteiger partial charge in [0.1, 0.15) is 5.75 Å². The Morgan fingerprint density at radius 3 is 2.55 bits per heavy atom. The summed E-state index contributed by atoms with van der Waals surface area (Å²) < 4.78 is 11.5. The second-order valence-corrected chi connectivity index (χ2v) is 8.56. The Kier molecular flexibility index (Phi) is 7.08. The summed E-state index contributed by atoms with van der Waals surface area (Å²) >= 11 is 15.4. The van der Waals surface area contributed by atoms with Gasteiger partial charge in [0.2, 0.25) is 5.90 Å². The predicted molar refractivity (Wildman–Crippen MR) is 132 cm³/mol. The van der Waals surface area contributed by atoms with Gasteiger partial charge in [0.05, 0.1) is 10.6 Å². The van der Waals surface area contributed by atoms with Crippen LogP contribution in [0.2, 0.25) is 10.0 Å². The van der Waals surface area contributed by atoms with Crippen molar-refractivity contribution in [1.82, 2.24) is 0 Å². The molecule has 0 bridgehead atoms. The van der Waals surface area contributed by atoms with E-state index in [1.165, 1.54) is 12.2 Å². The van der Waals surface area contributed by atoms with Gasteiger partial charge in [-0.2, -0.15) is 0 Å². The number of halogens is 3. The molecule has 0 aliphatic carbocycles. The van der Waals surface area contributed by atoms with Crippen LogP contribution in [0, 0.1) is 0 Å². The molecule has 0 unspecified atom stereocenters. The van der Waals surface area contributed by atoms with Crippen LogP contribution in [0.1, 0.15) is 16.7 Å². The van der Waals surface area contributed by atoms with Crippen LogP contribution in [-0.4, -0.2) is 17.8 Å². The van der Waals surface area contributed by atoms with Crippen LogP contribution in [0.4, 0.5) is 0 Å². The third-order valence-corrected chi connectivity index (χ3v) is 5.56. The summed E-state index contributed by atoms with van der Waals surface area (Å²) in [6.07, 6.45) is 4.41. The Balaban J connectivity index is 1.59. The number of rotatable bonds is 5. The molecule has 4 rings (SSSR count). The summed E-state index contributed by atoms with van der Waals surface area (Å²) in [7, 11) is 0. The number of hydrogen-bond acceptors (Lipinski definition) is 5. The maximum atomic E-state index is 12.4. The second kappa shape index (κ2) is 10.2. The summed E-state index contributed by atoms with van der Waals surface area (Å²) in [6.45, 7) is 0. The molecule has 3 aromatic rings. The van der Waals surface area contributed by atoms with E-state index >= 15 is 0 Å². The minimum absolute atomic E-state index is 0.0528. The molecule has 3 aromatic carbocycles. The molecule has 33 heavy (non-hydrogen) atoms. The third kappa shape index (κ3) is 5.79. The number of carbonyl (C=O) groups excluding carboxylic acids is 2. The number of ether oxygens (including phenoxy) is 2. The normalized spacial score (nSPS) is 14.5. The van der Waals surface area contributed by atoms with Gasteiger partial charge in [0, 0.05) is 21.1 Å². The average Bonchev–Trinajstić information content (AvgIpc) is 3.15. The Labute approximate surface area is 208 Å². The summed E-state index contributed by atoms with van der Waals surface area (Å²) in [5, 5.41) is 1.02. The van der Waals surface area contributed by atoms with Gasteiger partial charge < -0.3 is 9.47 Å². The molecule has 5 nitrogen and oxygen atoms in total. The molecular weight excluding hydrogens is 529 g/mol. The number of hydrogen-bond donors (Lipinski definition) is 0. The number of aliphatic imine (C=N–C) groups is 1. The summed E-state index contributed by atoms with van der Waals surface area (Å²) in [5.74, 6) is -0.854. The minimum Gasteiger partial charge on any atom is -0.423 e. The van der Waals surface area contributed by atoms with Gasteiger partial charge in [0.15, 0.2) is 5.70 Å². The molecule has 8 heteroatoms. The first-order valence-corrected chi connectivity index (χ1v) is 11.2. The van der Waals surface area contributed by atoms with Gasteiger partial charge >= 0.3 is 11.9 Å². The fraction of sp³-hybridized carbons (Fsp3) is 0. The molecule has 0 radical (unpaired) electrons. The van der Waals surface area contributed by atoms with Gasteiger partial charge in [-0.3, -0.25) is 0 Å². The standard InChI is InChI=1S/C25H14BrCl2NO4/c26-17-8-11-22(32-23(30)12-7-15-5-9-18(27)10-6-15)16(13-17)14-21-25(31)33-24(29-21)19-3-1-2-4-20(19)28/h1-14H/b12-7+,21-14-. The molecule has 1 aliphatic rings. The highest BCUT2D eigenvalue weighted by molar-refractivity contribution is 9.10. The lowest BCUT2D eigenvalue weighted by molar-refractivity contribution is -0.130. The van der Waals surface area contributed by atoms with E-state index in [9.17, 15) is 9.59 Å². The SMILES string of the molecule is O=C(/C=C/c1ccc(Cl)cc1)Oc1ccc(Br)cc1/C=C1\N=C(c2ccccc2Cl)OC1=O. The smallest absolute Gasteiger partial charge is 0.363 e. The topological polar surface area (TPSA) is 65.0 Å². The molecule has 0 N–H and O–H groups in total. The van der Waals surface area contributed by atoms with Gasteiger partial charge in [-0.25, -0.2) is 14.6 Å². The Morgan fingerprint density at radius 1 is 1.03 bits per heavy atom. The van der Waals surface area contributed by atoms with Crippen LogP contribution in [0.3, 0.4) is 0 Å². The highest BCUT2D eigenvalue weighted by Gasteiger charge is 2.26. The lowest BCUT2D eigenvalue weighted by Crippen LogP contribution is -2.06. The van der Waals surface area contributed by atoms with Crippen LogP contribution in [0.25, 0.3) is 12.2 Å². The van der Waals surface area contributed by atoms with Gasteiger partial charge in [-0.05, 0) is 60.2 Å². The molecular formula is C25H14BrCl2NO4. The fourth-order valence-electron chi connectivity index (χ4n) is 2.91. The number of benzene rings is 3. The van der Waals surface area contributed by atoms with Crippen molar-refractivity contribution in [3.63, 3.8) is 0 Å². The van der Waals surface area contributed by atoms with Crippen LogP contribution >= 0.6 is 39.1 Å². The molecule has 0 amide bonds. The largest absolute Gasteiger partial charge is 0.423 e. The summed E-state index contributed by atoms with van der Waals surface area (Å²) in [5.41, 5.74) is 1.82. The Bertz CT molecular complexity index is 1330. The van der Waals surface area contributed by atoms with Crippen molar-refractivity contribution in [2.45, 2.75) is 0 Å². The van der Waals surface area contributed by atoms with E-state index in [4.69, 9.17) is 32.7 Å². The summed E-state index contributed by atoms with van der Waals surface area (Å²) in [6, 6.07) is 19.0. The van der Waals surface area contributed by atoms with Crippen molar-refractivity contribution in [1.29, 1.82) is 0 Å². The van der Waals surface area contributed by atoms with E-state index in [0.29, 0.717) is 21.2 Å². The quantitative estimate of drug-likeness (QED) is 0.204. The first kappa shape index (κ1) is 23.0. The van der Waals surface area contributed by atoms with Crippen molar-refractivity contribution in [2.75, 3.05) is 0 Å². The summed E-state index contributed by atoms with van der Waals surface area (Å²) in [4.78, 5) is 29.0. The van der Waals surface area contributed by atoms with Gasteiger partial charge in [0.25, 0.3) is 0 Å². The molecule has 0 aromatic heterocycles. The molecule has 0 saturated carbocycles. The van der Waals surface area contributed by atoms with Gasteiger partial charge in [-0.15, -0.1) is 0 Å². The van der Waals surface area contributed by atoms with Crippen LogP contribution in [0.15, 0.2) is 88.0 Å². The van der Waals surface area contributed by atoms with E-state index in [0.717, 1.165) is 10.0 Å². The van der Waals surface area contributed by atoms with E-state index in [1.807, 2.05) is 0 Å². The molecule has 0 atom stereocenters. The van der Waals surface area contributed by atoms with Gasteiger partial charge in [-0.1, -0.05) is 63.4 Å². The van der Waals surface area contributed by atoms with Crippen molar-refractivity contribution in [2.24, 2.45) is 4.99 Å². The zero-order valence-electron chi connectivity index (χ0n) is 16.8. The fourth-order valence-corrected chi connectivity index (χ4v) is 3.63. The van der Waals surface area contributed by atoms with E-state index < -0.39 is 11.9 Å². The maximum absolute atomic E-state index is 12.4. The average molecular weight is 543 g/mol. The second-order valence-electron chi connectivity index (χ2n) is 6.80. The van der Waals surface area contributed by atoms with E-state index in [-0.39, 0.29) is 17.3 Å². The van der Waals surface area contributed by atoms with Crippen molar-refractivity contribution in [3.8, 4) is 5.75 Å². The molecule has 164 valence electrons. The van der Waals surface area contributed by atoms with E-state index in [2.05, 4.69) is 20.9 Å². The van der Waals surface area contributed by atoms with Crippen LogP contribution in [0.5, 0.6) is 5.75 Å². The number of nitrogens with zero attached hydrogens (tertiary/aromatic N) is 1. The van der Waals surface area contributed by atoms with Crippen LogP contribution < -0.4 is 4.74 Å². The highest BCUT2D eigenvalue weighted by atomic mass is 79.9. The molecule has 0 fully saturated rings. The van der Waals surface area contributed by atoms with Crippen molar-refractivity contribution in [3.05, 3.63) is 110 Å². The molecule has 1 aliphatic heterocycles. The zero-order chi connectivity index (χ0) is 23.4. The first-order valence-electron chi connectivity index (χ1n) is 9.61. The number of esters is 2. The van der Waals surface area contributed by atoms with Crippen molar-refractivity contribution < 1.29 is 19.1 Å².